The smallest absolute Gasteiger partial charge is 0.147 e. The predicted molar refractivity (Wildman–Crippen MR) is 162 cm³/mol. The largest absolute Gasteiger partial charge is 0.485 e. The second-order valence-electron chi connectivity index (χ2n) is 11.2. The minimum Gasteiger partial charge on any atom is -0.485 e. The van der Waals surface area contributed by atoms with Gasteiger partial charge in [0.15, 0.2) is 0 Å². The lowest BCUT2D eigenvalue weighted by Crippen LogP contribution is -2.05. The summed E-state index contributed by atoms with van der Waals surface area (Å²) in [5.74, 6) is 3.69. The molecule has 0 spiro atoms. The number of benzene rings is 4. The van der Waals surface area contributed by atoms with Crippen molar-refractivity contribution in [2.24, 2.45) is 0 Å². The maximum absolute atomic E-state index is 6.32. The first kappa shape index (κ1) is 22.8. The topological polar surface area (TPSA) is 66.6 Å². The van der Waals surface area contributed by atoms with Crippen LogP contribution in [0.25, 0.3) is 64.4 Å². The van der Waals surface area contributed by atoms with E-state index in [-0.39, 0.29) is 0 Å². The number of H-pyrrole nitrogens is 2. The Morgan fingerprint density at radius 2 is 1.59 bits per heavy atom. The number of ether oxygens (including phenoxy) is 1. The van der Waals surface area contributed by atoms with Gasteiger partial charge in [0.1, 0.15) is 29.7 Å². The zero-order chi connectivity index (χ0) is 26.4. The van der Waals surface area contributed by atoms with E-state index in [1.165, 1.54) is 42.1 Å². The van der Waals surface area contributed by atoms with Gasteiger partial charge in [0.2, 0.25) is 0 Å². The van der Waals surface area contributed by atoms with Gasteiger partial charge in [-0.3, -0.25) is 0 Å². The van der Waals surface area contributed by atoms with Gasteiger partial charge in [-0.2, -0.15) is 0 Å². The fourth-order valence-corrected chi connectivity index (χ4v) is 7.01. The Morgan fingerprint density at radius 3 is 2.41 bits per heavy atom. The summed E-state index contributed by atoms with van der Waals surface area (Å²) < 4.78 is 7.50. The number of hydrogen-bond acceptors (Lipinski definition) is 4. The third-order valence-corrected chi connectivity index (χ3v) is 9.12. The second-order valence-corrected chi connectivity index (χ2v) is 12.2. The zero-order valence-corrected chi connectivity index (χ0v) is 23.2. The van der Waals surface area contributed by atoms with Crippen LogP contribution >= 0.6 is 11.3 Å². The average molecular weight is 529 g/mol. The van der Waals surface area contributed by atoms with Gasteiger partial charge in [0.25, 0.3) is 0 Å². The highest BCUT2D eigenvalue weighted by Gasteiger charge is 2.25. The lowest BCUT2D eigenvalue weighted by Gasteiger charge is -2.17. The van der Waals surface area contributed by atoms with Gasteiger partial charge in [0.05, 0.1) is 21.4 Å². The highest BCUT2D eigenvalue weighted by molar-refractivity contribution is 7.22. The SMILES string of the molecule is CC(C)c1nc2c([nH]1)-c1ccc3cc(-c4ccc5c(c4)c4ccccc4c4nc(C(C)C)[nH]c54)sc3c1OC2. The van der Waals surface area contributed by atoms with Crippen molar-refractivity contribution in [1.29, 1.82) is 0 Å². The molecule has 3 aromatic heterocycles. The first-order chi connectivity index (χ1) is 19.0. The molecule has 0 bridgehead atoms. The van der Waals surface area contributed by atoms with Crippen LogP contribution in [0.4, 0.5) is 0 Å². The standard InChI is InChI=1S/C33H28N4OS/c1-16(2)32-34-25-15-38-30-23(27(25)35-32)12-10-19-14-26(39-31(19)30)18-9-11-22-24(13-18)20-7-5-6-8-21(20)28-29(22)37-33(36-28)17(3)4/h5-14,16-17H,15H2,1-4H3,(H,34,35)(H,36,37). The zero-order valence-electron chi connectivity index (χ0n) is 22.3. The Balaban J connectivity index is 1.31. The van der Waals surface area contributed by atoms with E-state index in [1.807, 2.05) is 0 Å². The first-order valence-electron chi connectivity index (χ1n) is 13.6. The maximum Gasteiger partial charge on any atom is 0.147 e. The molecule has 2 N–H and O–H groups in total. The molecule has 4 aromatic carbocycles. The van der Waals surface area contributed by atoms with E-state index in [0.29, 0.717) is 18.4 Å². The van der Waals surface area contributed by atoms with E-state index in [4.69, 9.17) is 14.7 Å². The molecule has 0 fully saturated rings. The molecule has 39 heavy (non-hydrogen) atoms. The summed E-state index contributed by atoms with van der Waals surface area (Å²) >= 11 is 1.80. The molecule has 6 heteroatoms. The molecular weight excluding hydrogens is 500 g/mol. The van der Waals surface area contributed by atoms with Crippen molar-refractivity contribution in [2.45, 2.75) is 46.1 Å². The normalized spacial score (nSPS) is 13.2. The van der Waals surface area contributed by atoms with Gasteiger partial charge >= 0.3 is 0 Å². The quantitative estimate of drug-likeness (QED) is 0.225. The van der Waals surface area contributed by atoms with Crippen LogP contribution in [0, 0.1) is 0 Å². The highest BCUT2D eigenvalue weighted by atomic mass is 32.1. The lowest BCUT2D eigenvalue weighted by molar-refractivity contribution is 0.302. The van der Waals surface area contributed by atoms with Crippen molar-refractivity contribution < 1.29 is 4.74 Å². The van der Waals surface area contributed by atoms with Crippen molar-refractivity contribution in [3.05, 3.63) is 78.0 Å². The molecule has 1 aliphatic rings. The van der Waals surface area contributed by atoms with Gasteiger partial charge in [0, 0.05) is 33.0 Å². The van der Waals surface area contributed by atoms with Crippen molar-refractivity contribution in [2.75, 3.05) is 0 Å². The Morgan fingerprint density at radius 1 is 0.795 bits per heavy atom. The van der Waals surface area contributed by atoms with Crippen molar-refractivity contribution in [3.8, 4) is 27.4 Å². The molecule has 192 valence electrons. The summed E-state index contributed by atoms with van der Waals surface area (Å²) in [6.45, 7) is 9.18. The Bertz CT molecular complexity index is 2090. The fourth-order valence-electron chi connectivity index (χ4n) is 5.85. The van der Waals surface area contributed by atoms with Crippen LogP contribution in [0.5, 0.6) is 5.75 Å². The number of imidazole rings is 2. The minimum atomic E-state index is 0.340. The number of nitrogens with one attached hydrogen (secondary N) is 2. The van der Waals surface area contributed by atoms with E-state index in [0.717, 1.165) is 45.4 Å². The van der Waals surface area contributed by atoms with E-state index in [2.05, 4.69) is 98.3 Å². The molecule has 0 saturated carbocycles. The number of rotatable bonds is 3. The van der Waals surface area contributed by atoms with Crippen LogP contribution in [0.1, 0.15) is 56.9 Å². The first-order valence-corrected chi connectivity index (χ1v) is 14.4. The van der Waals surface area contributed by atoms with E-state index in [1.54, 1.807) is 11.3 Å². The molecule has 8 rings (SSSR count). The van der Waals surface area contributed by atoms with Gasteiger partial charge in [-0.25, -0.2) is 9.97 Å². The summed E-state index contributed by atoms with van der Waals surface area (Å²) in [4.78, 5) is 18.2. The van der Waals surface area contributed by atoms with E-state index < -0.39 is 0 Å². The molecule has 0 aliphatic carbocycles. The maximum atomic E-state index is 6.32. The summed E-state index contributed by atoms with van der Waals surface area (Å²) in [7, 11) is 0. The van der Waals surface area contributed by atoms with Crippen LogP contribution in [0.15, 0.2) is 60.7 Å². The number of thiophene rings is 1. The van der Waals surface area contributed by atoms with Gasteiger partial charge in [-0.05, 0) is 39.9 Å². The second kappa shape index (κ2) is 8.17. The van der Waals surface area contributed by atoms with Crippen molar-refractivity contribution in [1.82, 2.24) is 19.9 Å². The Kier molecular flexibility index (Phi) is 4.77. The molecule has 7 aromatic rings. The molecule has 1 aliphatic heterocycles. The summed E-state index contributed by atoms with van der Waals surface area (Å²) in [6.07, 6.45) is 0. The van der Waals surface area contributed by atoms with Crippen LogP contribution in [0.2, 0.25) is 0 Å². The summed E-state index contributed by atoms with van der Waals surface area (Å²) in [5, 5.41) is 6.08. The van der Waals surface area contributed by atoms with E-state index >= 15 is 0 Å². The van der Waals surface area contributed by atoms with Gasteiger partial charge < -0.3 is 14.7 Å². The number of aromatic nitrogens is 4. The van der Waals surface area contributed by atoms with Crippen LogP contribution in [-0.2, 0) is 6.61 Å². The molecular formula is C33H28N4OS. The van der Waals surface area contributed by atoms with Crippen LogP contribution in [0.3, 0.4) is 0 Å². The molecule has 4 heterocycles. The third kappa shape index (κ3) is 3.31. The number of fused-ring (bicyclic) bond motifs is 11. The third-order valence-electron chi connectivity index (χ3n) is 7.92. The Hall–Kier alpha value is -4.16. The van der Waals surface area contributed by atoms with Gasteiger partial charge in [-0.15, -0.1) is 11.3 Å². The lowest BCUT2D eigenvalue weighted by atomic mass is 9.97. The van der Waals surface area contributed by atoms with Crippen LogP contribution < -0.4 is 4.74 Å². The molecule has 0 radical (unpaired) electrons. The number of nitrogens with zero attached hydrogens (tertiary/aromatic N) is 2. The molecule has 0 unspecified atom stereocenters. The van der Waals surface area contributed by atoms with Gasteiger partial charge in [-0.1, -0.05) is 70.2 Å². The summed E-state index contributed by atoms with van der Waals surface area (Å²) in [6, 6.07) is 22.1. The Labute approximate surface area is 229 Å². The van der Waals surface area contributed by atoms with Crippen LogP contribution in [-0.4, -0.2) is 19.9 Å². The monoisotopic (exact) mass is 528 g/mol. The average Bonchev–Trinajstić information content (AvgIpc) is 3.69. The molecule has 5 nitrogen and oxygen atoms in total. The van der Waals surface area contributed by atoms with Crippen molar-refractivity contribution in [3.63, 3.8) is 0 Å². The summed E-state index contributed by atoms with van der Waals surface area (Å²) in [5.41, 5.74) is 6.58. The van der Waals surface area contributed by atoms with E-state index in [9.17, 15) is 0 Å². The predicted octanol–water partition coefficient (Wildman–Crippen LogP) is 9.28. The fraction of sp³-hybridized carbons (Fsp3) is 0.212. The number of aromatic amines is 2. The minimum absolute atomic E-state index is 0.340. The number of hydrogen-bond donors (Lipinski definition) is 2. The highest BCUT2D eigenvalue weighted by Crippen LogP contribution is 2.47. The van der Waals surface area contributed by atoms with Crippen molar-refractivity contribution >= 4 is 54.0 Å². The molecule has 0 atom stereocenters. The molecule has 0 amide bonds. The molecule has 0 saturated heterocycles.